The molecule has 1 aromatic carbocycles. The molecule has 0 saturated carbocycles. The Morgan fingerprint density at radius 1 is 1.31 bits per heavy atom. The lowest BCUT2D eigenvalue weighted by Crippen LogP contribution is -2.46. The Balaban J connectivity index is 1.53. The van der Waals surface area contributed by atoms with Crippen molar-refractivity contribution in [2.75, 3.05) is 31.1 Å². The van der Waals surface area contributed by atoms with Gasteiger partial charge in [-0.15, -0.1) is 0 Å². The molecule has 144 valence electrons. The van der Waals surface area contributed by atoms with E-state index in [1.807, 2.05) is 0 Å². The van der Waals surface area contributed by atoms with Crippen molar-refractivity contribution in [1.82, 2.24) is 4.90 Å². The van der Waals surface area contributed by atoms with Gasteiger partial charge in [-0.3, -0.25) is 4.79 Å². The summed E-state index contributed by atoms with van der Waals surface area (Å²) in [7, 11) is 0. The summed E-state index contributed by atoms with van der Waals surface area (Å²) in [6.07, 6.45) is 7.52. The van der Waals surface area contributed by atoms with Crippen molar-refractivity contribution in [1.29, 1.82) is 0 Å². The van der Waals surface area contributed by atoms with Crippen molar-refractivity contribution in [3.8, 4) is 5.75 Å². The Morgan fingerprint density at radius 2 is 2.08 bits per heavy atom. The number of halogens is 1. The lowest BCUT2D eigenvalue weighted by atomic mass is 9.91. The summed E-state index contributed by atoms with van der Waals surface area (Å²) in [5.74, 6) is 0.978. The minimum atomic E-state index is -0.336. The Labute approximate surface area is 156 Å². The van der Waals surface area contributed by atoms with Gasteiger partial charge in [0.1, 0.15) is 11.6 Å². The van der Waals surface area contributed by atoms with Crippen LogP contribution in [0.15, 0.2) is 18.2 Å². The van der Waals surface area contributed by atoms with Crippen LogP contribution in [0.3, 0.4) is 0 Å². The van der Waals surface area contributed by atoms with Gasteiger partial charge >= 0.3 is 0 Å². The molecular weight excluding hydrogens is 331 g/mol. The molecule has 0 radical (unpaired) electrons. The van der Waals surface area contributed by atoms with Crippen molar-refractivity contribution in [3.63, 3.8) is 0 Å². The topological polar surface area (TPSA) is 32.8 Å². The first-order chi connectivity index (χ1) is 12.6. The van der Waals surface area contributed by atoms with Crippen LogP contribution in [0, 0.1) is 11.7 Å². The van der Waals surface area contributed by atoms with Crippen molar-refractivity contribution in [2.45, 2.75) is 58.4 Å². The molecule has 0 aromatic heterocycles. The van der Waals surface area contributed by atoms with Gasteiger partial charge in [0.05, 0.1) is 5.69 Å². The van der Waals surface area contributed by atoms with Gasteiger partial charge in [-0.05, 0) is 57.3 Å². The van der Waals surface area contributed by atoms with Crippen molar-refractivity contribution in [2.24, 2.45) is 5.92 Å². The molecule has 4 nitrogen and oxygen atoms in total. The maximum absolute atomic E-state index is 13.4. The molecule has 0 spiro atoms. The fraction of sp³-hybridized carbons (Fsp3) is 0.667. The van der Waals surface area contributed by atoms with E-state index in [4.69, 9.17) is 4.74 Å². The highest BCUT2D eigenvalue weighted by Crippen LogP contribution is 2.34. The van der Waals surface area contributed by atoms with Gasteiger partial charge in [0.25, 0.3) is 5.91 Å². The summed E-state index contributed by atoms with van der Waals surface area (Å²) < 4.78 is 18.8. The molecule has 5 heteroatoms. The van der Waals surface area contributed by atoms with Crippen molar-refractivity contribution >= 4 is 11.6 Å². The number of carbonyl (C=O) groups excluding carboxylic acids is 1. The highest BCUT2D eigenvalue weighted by atomic mass is 19.1. The number of benzene rings is 1. The smallest absolute Gasteiger partial charge is 0.265 e. The summed E-state index contributed by atoms with van der Waals surface area (Å²) in [5.41, 5.74) is 0.688. The number of fused-ring (bicyclic) bond motifs is 1. The van der Waals surface area contributed by atoms with E-state index in [-0.39, 0.29) is 24.4 Å². The SMILES string of the molecule is CCCCC1CCN(CCC(C)N2C(=O)COc3cc(F)ccc32)CC1. The summed E-state index contributed by atoms with van der Waals surface area (Å²) in [5, 5.41) is 0. The number of hydrogen-bond acceptors (Lipinski definition) is 3. The third kappa shape index (κ3) is 4.56. The number of unbranched alkanes of at least 4 members (excludes halogenated alkanes) is 1. The molecule has 0 bridgehead atoms. The maximum Gasteiger partial charge on any atom is 0.265 e. The van der Waals surface area contributed by atoms with E-state index >= 15 is 0 Å². The second-order valence-electron chi connectivity index (χ2n) is 7.73. The molecule has 1 amide bonds. The second-order valence-corrected chi connectivity index (χ2v) is 7.73. The number of nitrogens with zero attached hydrogens (tertiary/aromatic N) is 2. The van der Waals surface area contributed by atoms with Crippen LogP contribution in [0.5, 0.6) is 5.75 Å². The number of piperidine rings is 1. The van der Waals surface area contributed by atoms with Crippen LogP contribution in [-0.2, 0) is 4.79 Å². The number of amides is 1. The zero-order valence-electron chi connectivity index (χ0n) is 16.0. The zero-order chi connectivity index (χ0) is 18.5. The van der Waals surface area contributed by atoms with E-state index in [1.165, 1.54) is 57.3 Å². The van der Waals surface area contributed by atoms with Crippen LogP contribution in [0.2, 0.25) is 0 Å². The molecule has 1 atom stereocenters. The highest BCUT2D eigenvalue weighted by Gasteiger charge is 2.30. The number of ether oxygens (including phenoxy) is 1. The highest BCUT2D eigenvalue weighted by molar-refractivity contribution is 5.98. The Kier molecular flexibility index (Phi) is 6.52. The Bertz CT molecular complexity index is 614. The van der Waals surface area contributed by atoms with Gasteiger partial charge in [0, 0.05) is 18.7 Å². The molecule has 1 aromatic rings. The van der Waals surface area contributed by atoms with Gasteiger partial charge in [-0.1, -0.05) is 26.2 Å². The molecule has 26 heavy (non-hydrogen) atoms. The average Bonchev–Trinajstić information content (AvgIpc) is 2.65. The number of rotatable bonds is 7. The molecule has 0 N–H and O–H groups in total. The number of anilines is 1. The van der Waals surface area contributed by atoms with Gasteiger partial charge in [-0.25, -0.2) is 4.39 Å². The van der Waals surface area contributed by atoms with Crippen LogP contribution in [0.25, 0.3) is 0 Å². The minimum absolute atomic E-state index is 0.0103. The van der Waals surface area contributed by atoms with Gasteiger partial charge in [0.15, 0.2) is 6.61 Å². The second kappa shape index (κ2) is 8.85. The third-order valence-electron chi connectivity index (χ3n) is 5.78. The van der Waals surface area contributed by atoms with Crippen LogP contribution in [0.1, 0.15) is 52.4 Å². The normalized spacial score (nSPS) is 20.0. The fourth-order valence-electron chi connectivity index (χ4n) is 4.12. The summed E-state index contributed by atoms with van der Waals surface area (Å²) in [6.45, 7) is 7.66. The van der Waals surface area contributed by atoms with E-state index in [2.05, 4.69) is 18.7 Å². The molecule has 1 saturated heterocycles. The molecule has 3 rings (SSSR count). The quantitative estimate of drug-likeness (QED) is 0.728. The summed E-state index contributed by atoms with van der Waals surface area (Å²) >= 11 is 0. The molecule has 1 unspecified atom stereocenters. The Hall–Kier alpha value is -1.62. The van der Waals surface area contributed by atoms with E-state index < -0.39 is 0 Å². The van der Waals surface area contributed by atoms with Crippen LogP contribution in [-0.4, -0.2) is 43.1 Å². The van der Waals surface area contributed by atoms with Gasteiger partial charge < -0.3 is 14.5 Å². The molecule has 0 aliphatic carbocycles. The predicted octanol–water partition coefficient (Wildman–Crippen LogP) is 4.23. The number of hydrogen-bond donors (Lipinski definition) is 0. The van der Waals surface area contributed by atoms with Crippen molar-refractivity contribution < 1.29 is 13.9 Å². The monoisotopic (exact) mass is 362 g/mol. The number of likely N-dealkylation sites (tertiary alicyclic amines) is 1. The molecule has 2 heterocycles. The van der Waals surface area contributed by atoms with Gasteiger partial charge in [0.2, 0.25) is 0 Å². The average molecular weight is 362 g/mol. The van der Waals surface area contributed by atoms with Gasteiger partial charge in [-0.2, -0.15) is 0 Å². The largest absolute Gasteiger partial charge is 0.481 e. The fourth-order valence-corrected chi connectivity index (χ4v) is 4.12. The minimum Gasteiger partial charge on any atom is -0.481 e. The van der Waals surface area contributed by atoms with Crippen LogP contribution in [0.4, 0.5) is 10.1 Å². The molecular formula is C21H31FN2O2. The van der Waals surface area contributed by atoms with E-state index in [9.17, 15) is 9.18 Å². The zero-order valence-corrected chi connectivity index (χ0v) is 16.0. The van der Waals surface area contributed by atoms with Crippen LogP contribution < -0.4 is 9.64 Å². The lowest BCUT2D eigenvalue weighted by molar-refractivity contribution is -0.121. The predicted molar refractivity (Wildman–Crippen MR) is 102 cm³/mol. The van der Waals surface area contributed by atoms with Crippen molar-refractivity contribution in [3.05, 3.63) is 24.0 Å². The third-order valence-corrected chi connectivity index (χ3v) is 5.78. The first-order valence-electron chi connectivity index (χ1n) is 10.0. The standard InChI is InChI=1S/C21H31FN2O2/c1-3-4-5-17-9-12-23(13-10-17)11-8-16(2)24-19-7-6-18(22)14-20(19)26-15-21(24)25/h6-7,14,16-17H,3-5,8-13,15H2,1-2H3. The summed E-state index contributed by atoms with van der Waals surface area (Å²) in [6, 6.07) is 4.48. The first kappa shape index (κ1) is 19.2. The van der Waals surface area contributed by atoms with E-state index in [1.54, 1.807) is 11.0 Å². The lowest BCUT2D eigenvalue weighted by Gasteiger charge is -2.36. The van der Waals surface area contributed by atoms with E-state index in [0.29, 0.717) is 11.4 Å². The first-order valence-corrected chi connectivity index (χ1v) is 10.0. The molecule has 1 fully saturated rings. The molecule has 2 aliphatic heterocycles. The maximum atomic E-state index is 13.4. The summed E-state index contributed by atoms with van der Waals surface area (Å²) in [4.78, 5) is 16.7. The molecule has 2 aliphatic rings. The van der Waals surface area contributed by atoms with Crippen LogP contribution >= 0.6 is 0 Å². The van der Waals surface area contributed by atoms with E-state index in [0.717, 1.165) is 18.9 Å². The Morgan fingerprint density at radius 3 is 2.81 bits per heavy atom. The number of carbonyl (C=O) groups is 1.